The number of benzene rings is 2. The summed E-state index contributed by atoms with van der Waals surface area (Å²) >= 11 is -1.28. The van der Waals surface area contributed by atoms with Gasteiger partial charge in [-0.2, -0.15) is 0 Å². The molecule has 0 aliphatic carbocycles. The third-order valence-corrected chi connectivity index (χ3v) is 22.7. The van der Waals surface area contributed by atoms with Crippen molar-refractivity contribution in [2.75, 3.05) is 5.73 Å². The molecule has 0 atom stereocenters. The number of fused-ring (bicyclic) bond motifs is 1. The summed E-state index contributed by atoms with van der Waals surface area (Å²) < 4.78 is 31.5. The number of rotatable bonds is 9. The summed E-state index contributed by atoms with van der Waals surface area (Å²) in [5, 5.41) is 0. The maximum atomic E-state index is 13.7. The molecule has 0 unspecified atom stereocenters. The SMILES string of the molecule is CCCCC(CC)(CC)[CH2][Sn]1[c]2ccccc2S[N]1S(=O)(=O)c1ccccc1N. The van der Waals surface area contributed by atoms with E-state index >= 15 is 0 Å². The fourth-order valence-corrected chi connectivity index (χ4v) is 22.4. The van der Waals surface area contributed by atoms with Crippen molar-refractivity contribution >= 4 is 51.3 Å². The first-order valence-electron chi connectivity index (χ1n) is 10.4. The van der Waals surface area contributed by atoms with E-state index in [4.69, 9.17) is 5.73 Å². The number of nitrogens with two attached hydrogens (primary N) is 1. The monoisotopic (exact) mass is 539 g/mol. The molecule has 0 aromatic heterocycles. The molecule has 0 bridgehead atoms. The van der Waals surface area contributed by atoms with E-state index in [0.29, 0.717) is 5.69 Å². The molecule has 7 heteroatoms. The molecular weight excluding hydrogens is 507 g/mol. The second-order valence-corrected chi connectivity index (χ2v) is 19.0. The zero-order valence-electron chi connectivity index (χ0n) is 17.5. The van der Waals surface area contributed by atoms with Gasteiger partial charge in [0.1, 0.15) is 0 Å². The number of sulfonamides is 1. The summed E-state index contributed by atoms with van der Waals surface area (Å²) in [6, 6.07) is 15.1. The standard InChI is InChI=1S/C12H10N2O2S2.C10H21.Sn/c13-11-8-4-5-9-12(11)18(15,16)14-17-10-6-2-1-3-7-10;1-5-8-9-10(4,6-2)7-3;/h1-6,8-9H,13H2;4-9H2,1-3H3;/q-1;;+1. The van der Waals surface area contributed by atoms with Gasteiger partial charge in [-0.1, -0.05) is 0 Å². The predicted octanol–water partition coefficient (Wildman–Crippen LogP) is 5.18. The van der Waals surface area contributed by atoms with Crippen molar-refractivity contribution in [2.45, 2.75) is 67.1 Å². The van der Waals surface area contributed by atoms with E-state index in [2.05, 4.69) is 39.0 Å². The predicted molar refractivity (Wildman–Crippen MR) is 125 cm³/mol. The maximum absolute atomic E-state index is 13.7. The van der Waals surface area contributed by atoms with Gasteiger partial charge < -0.3 is 0 Å². The summed E-state index contributed by atoms with van der Waals surface area (Å²) in [5.41, 5.74) is 6.63. The quantitative estimate of drug-likeness (QED) is 0.272. The van der Waals surface area contributed by atoms with Crippen LogP contribution in [0.4, 0.5) is 5.69 Å². The van der Waals surface area contributed by atoms with Crippen LogP contribution in [0.3, 0.4) is 0 Å². The molecule has 0 fully saturated rings. The second-order valence-electron chi connectivity index (χ2n) is 7.79. The van der Waals surface area contributed by atoms with E-state index in [-0.39, 0.29) is 10.3 Å². The van der Waals surface area contributed by atoms with E-state index in [1.54, 1.807) is 26.2 Å². The topological polar surface area (TPSA) is 63.4 Å². The zero-order valence-corrected chi connectivity index (χ0v) is 22.0. The van der Waals surface area contributed by atoms with Gasteiger partial charge >= 0.3 is 188 Å². The molecule has 1 radical (unpaired) electrons. The zero-order chi connectivity index (χ0) is 21.1. The molecule has 2 aromatic carbocycles. The van der Waals surface area contributed by atoms with Gasteiger partial charge in [0.25, 0.3) is 0 Å². The Morgan fingerprint density at radius 1 is 1.03 bits per heavy atom. The summed E-state index contributed by atoms with van der Waals surface area (Å²) in [5.74, 6) is 0. The molecule has 2 aromatic rings. The molecule has 1 heterocycles. The van der Waals surface area contributed by atoms with Crippen LogP contribution in [0.15, 0.2) is 58.3 Å². The van der Waals surface area contributed by atoms with Gasteiger partial charge in [-0.25, -0.2) is 0 Å². The van der Waals surface area contributed by atoms with Crippen LogP contribution >= 0.6 is 11.9 Å². The van der Waals surface area contributed by atoms with Crippen molar-refractivity contribution in [3.8, 4) is 0 Å². The first-order valence-corrected chi connectivity index (χ1v) is 17.3. The average Bonchev–Trinajstić information content (AvgIpc) is 3.10. The van der Waals surface area contributed by atoms with Crippen LogP contribution in [-0.4, -0.2) is 30.4 Å². The van der Waals surface area contributed by atoms with Crippen molar-refractivity contribution < 1.29 is 8.42 Å². The van der Waals surface area contributed by atoms with Crippen LogP contribution in [-0.2, 0) is 10.0 Å². The van der Waals surface area contributed by atoms with Crippen molar-refractivity contribution in [1.82, 2.24) is 1.93 Å². The molecule has 29 heavy (non-hydrogen) atoms. The summed E-state index contributed by atoms with van der Waals surface area (Å²) in [6.07, 6.45) is 5.75. The van der Waals surface area contributed by atoms with Gasteiger partial charge in [0.2, 0.25) is 0 Å². The van der Waals surface area contributed by atoms with Crippen molar-refractivity contribution in [3.63, 3.8) is 0 Å². The van der Waals surface area contributed by atoms with Crippen molar-refractivity contribution in [2.24, 2.45) is 5.41 Å². The molecule has 2 N–H and O–H groups in total. The molecular formula is C22H31N2O2S2Sn. The Labute approximate surface area is 187 Å². The molecule has 0 amide bonds. The van der Waals surface area contributed by atoms with Gasteiger partial charge in [-0.3, -0.25) is 0 Å². The molecule has 0 saturated carbocycles. The van der Waals surface area contributed by atoms with E-state index < -0.39 is 30.1 Å². The first-order chi connectivity index (χ1) is 13.9. The van der Waals surface area contributed by atoms with Gasteiger partial charge in [-0.15, -0.1) is 0 Å². The Morgan fingerprint density at radius 3 is 2.34 bits per heavy atom. The second kappa shape index (κ2) is 9.62. The third kappa shape index (κ3) is 4.65. The van der Waals surface area contributed by atoms with Crippen LogP contribution in [0.1, 0.15) is 52.9 Å². The summed E-state index contributed by atoms with van der Waals surface area (Å²) in [4.78, 5) is 1.35. The van der Waals surface area contributed by atoms with E-state index in [9.17, 15) is 8.42 Å². The molecule has 3 rings (SSSR count). The van der Waals surface area contributed by atoms with Gasteiger partial charge in [0.05, 0.1) is 0 Å². The first kappa shape index (κ1) is 23.0. The molecule has 0 saturated heterocycles. The third-order valence-electron chi connectivity index (χ3n) is 6.12. The normalized spacial score (nSPS) is 15.6. The number of para-hydroxylation sites is 1. The number of anilines is 1. The Morgan fingerprint density at radius 2 is 1.69 bits per heavy atom. The van der Waals surface area contributed by atoms with E-state index in [0.717, 1.165) is 22.2 Å². The Hall–Kier alpha value is -0.701. The number of hydrogen-bond donors (Lipinski definition) is 1. The van der Waals surface area contributed by atoms with Crippen LogP contribution in [0.5, 0.6) is 0 Å². The minimum atomic E-state index is -3.64. The molecule has 1 aliphatic rings. The van der Waals surface area contributed by atoms with Crippen LogP contribution in [0, 0.1) is 5.41 Å². The Balaban J connectivity index is 2.04. The fraction of sp³-hybridized carbons (Fsp3) is 0.455. The summed E-state index contributed by atoms with van der Waals surface area (Å²) in [6.45, 7) is 6.77. The molecule has 0 spiro atoms. The molecule has 157 valence electrons. The average molecular weight is 538 g/mol. The van der Waals surface area contributed by atoms with Crippen LogP contribution < -0.4 is 9.31 Å². The fourth-order valence-electron chi connectivity index (χ4n) is 4.04. The Bertz CT molecular complexity index is 945. The number of nitrogens with zero attached hydrogens (tertiary/aromatic N) is 1. The van der Waals surface area contributed by atoms with Crippen molar-refractivity contribution in [1.29, 1.82) is 0 Å². The number of nitrogen functional groups attached to an aromatic ring is 1. The van der Waals surface area contributed by atoms with Crippen LogP contribution in [0.2, 0.25) is 4.44 Å². The number of unbranched alkanes of at least 4 members (excludes halogenated alkanes) is 1. The summed E-state index contributed by atoms with van der Waals surface area (Å²) in [7, 11) is -3.64. The molecule has 4 nitrogen and oxygen atoms in total. The van der Waals surface area contributed by atoms with E-state index in [1.807, 2.05) is 6.07 Å². The van der Waals surface area contributed by atoms with E-state index in [1.165, 1.54) is 34.8 Å². The van der Waals surface area contributed by atoms with Gasteiger partial charge in [0.15, 0.2) is 0 Å². The van der Waals surface area contributed by atoms with Crippen molar-refractivity contribution in [3.05, 3.63) is 48.5 Å². The minimum absolute atomic E-state index is 0.221. The molecule has 1 aliphatic heterocycles. The number of hydrogen-bond acceptors (Lipinski definition) is 4. The van der Waals surface area contributed by atoms with Gasteiger partial charge in [0, 0.05) is 0 Å². The van der Waals surface area contributed by atoms with Crippen LogP contribution in [0.25, 0.3) is 0 Å². The Kier molecular flexibility index (Phi) is 7.62. The van der Waals surface area contributed by atoms with Gasteiger partial charge in [-0.05, 0) is 0 Å².